The van der Waals surface area contributed by atoms with E-state index in [1.807, 2.05) is 48.5 Å². The maximum absolute atomic E-state index is 11.4. The number of benzene rings is 3. The van der Waals surface area contributed by atoms with Crippen molar-refractivity contribution in [3.05, 3.63) is 112 Å². The van der Waals surface area contributed by atoms with Gasteiger partial charge in [0.1, 0.15) is 0 Å². The predicted octanol–water partition coefficient (Wildman–Crippen LogP) is 4.43. The minimum Gasteiger partial charge on any atom is -0.480 e. The number of aromatic carboxylic acids is 2. The molecule has 0 radical (unpaired) electrons. The lowest BCUT2D eigenvalue weighted by atomic mass is 10.0. The van der Waals surface area contributed by atoms with E-state index in [0.29, 0.717) is 12.1 Å². The van der Waals surface area contributed by atoms with Gasteiger partial charge < -0.3 is 15.3 Å². The summed E-state index contributed by atoms with van der Waals surface area (Å²) in [5.41, 5.74) is 3.04. The van der Waals surface area contributed by atoms with E-state index in [-0.39, 0.29) is 24.2 Å². The molecule has 0 aromatic heterocycles. The Labute approximate surface area is 197 Å². The molecule has 0 heterocycles. The quantitative estimate of drug-likeness (QED) is 0.389. The fraction of sp³-hybridized carbons (Fsp3) is 0.148. The summed E-state index contributed by atoms with van der Waals surface area (Å²) >= 11 is 0. The highest BCUT2D eigenvalue weighted by Gasteiger charge is 2.18. The predicted molar refractivity (Wildman–Crippen MR) is 128 cm³/mol. The topological polar surface area (TPSA) is 115 Å². The first-order chi connectivity index (χ1) is 16.3. The molecule has 0 atom stereocenters. The molecule has 34 heavy (non-hydrogen) atoms. The van der Waals surface area contributed by atoms with Crippen LogP contribution in [0.15, 0.2) is 78.9 Å². The van der Waals surface area contributed by atoms with Crippen LogP contribution < -0.4 is 0 Å². The molecule has 3 aromatic carbocycles. The van der Waals surface area contributed by atoms with Gasteiger partial charge in [0.05, 0.1) is 17.7 Å². The molecule has 0 unspecified atom stereocenters. The molecule has 0 saturated carbocycles. The van der Waals surface area contributed by atoms with Crippen molar-refractivity contribution in [1.29, 1.82) is 0 Å². The normalized spacial score (nSPS) is 11.1. The lowest BCUT2D eigenvalue weighted by Crippen LogP contribution is -2.29. The number of carbonyl (C=O) groups is 3. The Hall–Kier alpha value is -4.23. The van der Waals surface area contributed by atoms with E-state index >= 15 is 0 Å². The molecule has 0 aliphatic rings. The second kappa shape index (κ2) is 11.6. The molecule has 174 valence electrons. The summed E-state index contributed by atoms with van der Waals surface area (Å²) in [5.74, 6) is -3.69. The van der Waals surface area contributed by atoms with Crippen LogP contribution in [0.1, 0.15) is 43.0 Å². The Morgan fingerprint density at radius 3 is 1.94 bits per heavy atom. The Bertz CT molecular complexity index is 1190. The third kappa shape index (κ3) is 7.15. The monoisotopic (exact) mass is 459 g/mol. The van der Waals surface area contributed by atoms with Crippen molar-refractivity contribution in [3.63, 3.8) is 0 Å². The summed E-state index contributed by atoms with van der Waals surface area (Å²) < 4.78 is 0. The van der Waals surface area contributed by atoms with Crippen LogP contribution in [0.5, 0.6) is 0 Å². The molecule has 0 aliphatic carbocycles. The lowest BCUT2D eigenvalue weighted by molar-refractivity contribution is -0.138. The van der Waals surface area contributed by atoms with E-state index in [4.69, 9.17) is 0 Å². The first kappa shape index (κ1) is 24.4. The Morgan fingerprint density at radius 2 is 1.32 bits per heavy atom. The highest BCUT2D eigenvalue weighted by molar-refractivity contribution is 6.01. The van der Waals surface area contributed by atoms with E-state index in [0.717, 1.165) is 17.5 Å². The van der Waals surface area contributed by atoms with Crippen LogP contribution in [0.4, 0.5) is 0 Å². The van der Waals surface area contributed by atoms with Gasteiger partial charge >= 0.3 is 17.9 Å². The molecular weight excluding hydrogens is 434 g/mol. The molecule has 0 amide bonds. The number of carboxylic acid groups (broad SMARTS) is 3. The molecular formula is C27H25NO6. The summed E-state index contributed by atoms with van der Waals surface area (Å²) in [7, 11) is 0. The lowest BCUT2D eigenvalue weighted by Gasteiger charge is -2.21. The van der Waals surface area contributed by atoms with Gasteiger partial charge in [0.15, 0.2) is 0 Å². The number of carboxylic acids is 3. The maximum Gasteiger partial charge on any atom is 0.336 e. The number of hydrogen-bond donors (Lipinski definition) is 3. The van der Waals surface area contributed by atoms with Crippen LogP contribution in [0.3, 0.4) is 0 Å². The standard InChI is InChI=1S/C27H25NO6/c29-25(30)18-28(17-22-13-14-23(26(31)32)24(15-22)27(33)34)16-21-11-9-20(10-12-21)8-4-7-19-5-2-1-3-6-19/h1-6,8-15H,7,16-18H2,(H,29,30)(H,31,32)(H,33,34). The molecule has 0 saturated heterocycles. The van der Waals surface area contributed by atoms with Crippen LogP contribution in [0.25, 0.3) is 6.08 Å². The van der Waals surface area contributed by atoms with E-state index < -0.39 is 17.9 Å². The second-order valence-corrected chi connectivity index (χ2v) is 7.86. The van der Waals surface area contributed by atoms with Crippen molar-refractivity contribution in [1.82, 2.24) is 4.90 Å². The van der Waals surface area contributed by atoms with Gasteiger partial charge in [-0.25, -0.2) is 9.59 Å². The average molecular weight is 459 g/mol. The average Bonchev–Trinajstić information content (AvgIpc) is 2.80. The number of hydrogen-bond acceptors (Lipinski definition) is 4. The van der Waals surface area contributed by atoms with Crippen molar-refractivity contribution in [3.8, 4) is 0 Å². The number of allylic oxidation sites excluding steroid dienone is 1. The van der Waals surface area contributed by atoms with Crippen molar-refractivity contribution in [2.24, 2.45) is 0 Å². The first-order valence-electron chi connectivity index (χ1n) is 10.6. The molecule has 0 bridgehead atoms. The number of nitrogens with zero attached hydrogens (tertiary/aromatic N) is 1. The smallest absolute Gasteiger partial charge is 0.336 e. The van der Waals surface area contributed by atoms with Crippen LogP contribution in [-0.2, 0) is 24.3 Å². The zero-order chi connectivity index (χ0) is 24.5. The third-order valence-electron chi connectivity index (χ3n) is 5.20. The molecule has 3 aromatic rings. The van der Waals surface area contributed by atoms with Gasteiger partial charge in [-0.1, -0.05) is 72.8 Å². The maximum atomic E-state index is 11.4. The van der Waals surface area contributed by atoms with Crippen molar-refractivity contribution in [2.75, 3.05) is 6.54 Å². The van der Waals surface area contributed by atoms with Gasteiger partial charge in [-0.2, -0.15) is 0 Å². The minimum atomic E-state index is -1.35. The number of aliphatic carboxylic acids is 1. The van der Waals surface area contributed by atoms with E-state index in [9.17, 15) is 29.7 Å². The zero-order valence-electron chi connectivity index (χ0n) is 18.4. The minimum absolute atomic E-state index is 0.158. The molecule has 3 N–H and O–H groups in total. The van der Waals surface area contributed by atoms with Crippen molar-refractivity contribution < 1.29 is 29.7 Å². The molecule has 7 heteroatoms. The summed E-state index contributed by atoms with van der Waals surface area (Å²) in [6.07, 6.45) is 4.94. The fourth-order valence-corrected chi connectivity index (χ4v) is 3.61. The van der Waals surface area contributed by atoms with Crippen LogP contribution in [-0.4, -0.2) is 44.7 Å². The Balaban J connectivity index is 1.69. The van der Waals surface area contributed by atoms with Gasteiger partial charge in [0.2, 0.25) is 0 Å². The largest absolute Gasteiger partial charge is 0.480 e. The van der Waals surface area contributed by atoms with Gasteiger partial charge in [-0.05, 0) is 40.8 Å². The van der Waals surface area contributed by atoms with Gasteiger partial charge in [-0.3, -0.25) is 9.69 Å². The van der Waals surface area contributed by atoms with Crippen LogP contribution >= 0.6 is 0 Å². The van der Waals surface area contributed by atoms with Crippen LogP contribution in [0.2, 0.25) is 0 Å². The molecule has 7 nitrogen and oxygen atoms in total. The molecule has 0 aliphatic heterocycles. The zero-order valence-corrected chi connectivity index (χ0v) is 18.4. The summed E-state index contributed by atoms with van der Waals surface area (Å²) in [5, 5.41) is 27.8. The van der Waals surface area contributed by atoms with Crippen LogP contribution in [0, 0.1) is 0 Å². The molecule has 0 spiro atoms. The van der Waals surface area contributed by atoms with Crippen molar-refractivity contribution in [2.45, 2.75) is 19.5 Å². The van der Waals surface area contributed by atoms with Gasteiger partial charge in [0.25, 0.3) is 0 Å². The molecule has 3 rings (SSSR count). The van der Waals surface area contributed by atoms with E-state index in [2.05, 4.69) is 18.2 Å². The number of rotatable bonds is 11. The Kier molecular flexibility index (Phi) is 8.32. The van der Waals surface area contributed by atoms with E-state index in [1.165, 1.54) is 23.8 Å². The summed E-state index contributed by atoms with van der Waals surface area (Å²) in [6.45, 7) is 0.246. The van der Waals surface area contributed by atoms with Crippen molar-refractivity contribution >= 4 is 24.0 Å². The second-order valence-electron chi connectivity index (χ2n) is 7.86. The Morgan fingerprint density at radius 1 is 0.706 bits per heavy atom. The summed E-state index contributed by atoms with van der Waals surface area (Å²) in [6, 6.07) is 21.9. The fourth-order valence-electron chi connectivity index (χ4n) is 3.61. The SMILES string of the molecule is O=C(O)CN(Cc1ccc(C=CCc2ccccc2)cc1)Cc1ccc(C(=O)O)c(C(=O)O)c1. The summed E-state index contributed by atoms with van der Waals surface area (Å²) in [4.78, 5) is 35.7. The van der Waals surface area contributed by atoms with E-state index in [1.54, 1.807) is 4.90 Å². The third-order valence-corrected chi connectivity index (χ3v) is 5.20. The molecule has 0 fully saturated rings. The highest BCUT2D eigenvalue weighted by atomic mass is 16.4. The van der Waals surface area contributed by atoms with Gasteiger partial charge in [-0.15, -0.1) is 0 Å². The first-order valence-corrected chi connectivity index (χ1v) is 10.6. The highest BCUT2D eigenvalue weighted by Crippen LogP contribution is 2.17. The van der Waals surface area contributed by atoms with Gasteiger partial charge in [0, 0.05) is 13.1 Å².